The van der Waals surface area contributed by atoms with E-state index in [0.29, 0.717) is 19.3 Å². The van der Waals surface area contributed by atoms with Crippen molar-refractivity contribution in [3.8, 4) is 0 Å². The Hall–Kier alpha value is -2.11. The van der Waals surface area contributed by atoms with Gasteiger partial charge in [-0.05, 0) is 51.4 Å². The van der Waals surface area contributed by atoms with Crippen molar-refractivity contribution in [2.75, 3.05) is 13.2 Å². The van der Waals surface area contributed by atoms with Crippen molar-refractivity contribution in [2.45, 2.75) is 425 Å². The van der Waals surface area contributed by atoms with E-state index >= 15 is 0 Å². The summed E-state index contributed by atoms with van der Waals surface area (Å²) in [6.07, 6.45) is 86.4. The molecule has 1 atom stereocenters. The third-order valence-electron chi connectivity index (χ3n) is 17.0. The van der Waals surface area contributed by atoms with Crippen LogP contribution >= 0.6 is 0 Å². The maximum atomic E-state index is 13.0. The van der Waals surface area contributed by atoms with Crippen molar-refractivity contribution in [1.82, 2.24) is 0 Å². The fourth-order valence-electron chi connectivity index (χ4n) is 11.4. The Morgan fingerprint density at radius 3 is 0.679 bits per heavy atom. The molecule has 1 unspecified atom stereocenters. The molecule has 0 aliphatic heterocycles. The topological polar surface area (TPSA) is 78.9 Å². The molecule has 478 valence electrons. The average Bonchev–Trinajstić information content (AvgIpc) is 3.47. The van der Waals surface area contributed by atoms with Crippen LogP contribution in [-0.4, -0.2) is 37.2 Å². The molecule has 0 saturated carbocycles. The molecule has 0 saturated heterocycles. The van der Waals surface area contributed by atoms with Crippen LogP contribution in [-0.2, 0) is 28.6 Å². The minimum Gasteiger partial charge on any atom is -0.462 e. The summed E-state index contributed by atoms with van der Waals surface area (Å²) in [5.41, 5.74) is 0. The van der Waals surface area contributed by atoms with E-state index < -0.39 is 6.10 Å². The number of carbonyl (C=O) groups is 3. The van der Waals surface area contributed by atoms with E-state index in [9.17, 15) is 14.4 Å². The first-order chi connectivity index (χ1) is 40.0. The van der Waals surface area contributed by atoms with Gasteiger partial charge in [0.05, 0.1) is 0 Å². The minimum absolute atomic E-state index is 0.0654. The van der Waals surface area contributed by atoms with Gasteiger partial charge in [-0.2, -0.15) is 0 Å². The van der Waals surface area contributed by atoms with Crippen LogP contribution in [0.1, 0.15) is 419 Å². The predicted octanol–water partition coefficient (Wildman–Crippen LogP) is 25.3. The van der Waals surface area contributed by atoms with Gasteiger partial charge in [0.25, 0.3) is 0 Å². The second-order valence-corrected chi connectivity index (χ2v) is 25.2. The largest absolute Gasteiger partial charge is 0.462 e. The summed E-state index contributed by atoms with van der Waals surface area (Å²) in [6.45, 7) is 6.73. The van der Waals surface area contributed by atoms with E-state index in [1.807, 2.05) is 0 Å². The number of allylic oxidation sites excluding steroid dienone is 4. The molecular weight excluding hydrogens is 997 g/mol. The predicted molar refractivity (Wildman–Crippen MR) is 353 cm³/mol. The minimum atomic E-state index is -0.770. The lowest BCUT2D eigenvalue weighted by molar-refractivity contribution is -0.167. The maximum Gasteiger partial charge on any atom is 0.306 e. The second kappa shape index (κ2) is 70.4. The van der Waals surface area contributed by atoms with Gasteiger partial charge in [-0.25, -0.2) is 0 Å². The summed E-state index contributed by atoms with van der Waals surface area (Å²) in [6, 6.07) is 0. The van der Waals surface area contributed by atoms with E-state index in [1.54, 1.807) is 0 Å². The van der Waals surface area contributed by atoms with Crippen molar-refractivity contribution in [2.24, 2.45) is 0 Å². The number of esters is 3. The SMILES string of the molecule is CCCCCCC/C=C\C/C=C\CCCCCCCCCCCC(=O)OCC(COC(=O)CCCCCCCCCCCCCCCCCCCCCCC)OC(=O)CCCCCCCCCCCCCCCCCCCCCCC. The lowest BCUT2D eigenvalue weighted by Gasteiger charge is -2.18. The van der Waals surface area contributed by atoms with Crippen LogP contribution in [0.2, 0.25) is 0 Å². The quantitative estimate of drug-likeness (QED) is 0.0261. The molecule has 0 amide bonds. The maximum absolute atomic E-state index is 13.0. The van der Waals surface area contributed by atoms with Gasteiger partial charge in [0.1, 0.15) is 13.2 Å². The smallest absolute Gasteiger partial charge is 0.306 e. The molecule has 0 aliphatic carbocycles. The van der Waals surface area contributed by atoms with Gasteiger partial charge in [0.2, 0.25) is 0 Å². The summed E-state index contributed by atoms with van der Waals surface area (Å²) < 4.78 is 17.0. The lowest BCUT2D eigenvalue weighted by Crippen LogP contribution is -2.30. The first-order valence-electron chi connectivity index (χ1n) is 36.8. The molecule has 0 rings (SSSR count). The van der Waals surface area contributed by atoms with Crippen LogP contribution in [0.15, 0.2) is 24.3 Å². The Morgan fingerprint density at radius 2 is 0.444 bits per heavy atom. The van der Waals surface area contributed by atoms with Crippen LogP contribution in [0, 0.1) is 0 Å². The van der Waals surface area contributed by atoms with Gasteiger partial charge in [-0.1, -0.05) is 373 Å². The van der Waals surface area contributed by atoms with Crippen molar-refractivity contribution in [1.29, 1.82) is 0 Å². The number of rotatable bonds is 69. The Balaban J connectivity index is 4.30. The van der Waals surface area contributed by atoms with Crippen LogP contribution in [0.3, 0.4) is 0 Å². The monoisotopic (exact) mass is 1140 g/mol. The van der Waals surface area contributed by atoms with E-state index in [2.05, 4.69) is 45.1 Å². The Labute approximate surface area is 506 Å². The van der Waals surface area contributed by atoms with Crippen LogP contribution < -0.4 is 0 Å². The molecule has 0 bridgehead atoms. The van der Waals surface area contributed by atoms with Crippen LogP contribution in [0.5, 0.6) is 0 Å². The van der Waals surface area contributed by atoms with Crippen molar-refractivity contribution >= 4 is 17.9 Å². The number of ether oxygens (including phenoxy) is 3. The molecule has 0 N–H and O–H groups in total. The van der Waals surface area contributed by atoms with E-state index in [4.69, 9.17) is 14.2 Å². The number of unbranched alkanes of at least 4 members (excludes halogenated alkanes) is 54. The highest BCUT2D eigenvalue weighted by Gasteiger charge is 2.20. The molecule has 0 aliphatic rings. The van der Waals surface area contributed by atoms with Gasteiger partial charge in [-0.15, -0.1) is 0 Å². The Bertz CT molecular complexity index is 1310. The highest BCUT2D eigenvalue weighted by atomic mass is 16.6. The molecule has 0 heterocycles. The number of carbonyl (C=O) groups excluding carboxylic acids is 3. The molecule has 0 aromatic heterocycles. The first kappa shape index (κ1) is 78.9. The molecule has 6 nitrogen and oxygen atoms in total. The van der Waals surface area contributed by atoms with E-state index in [1.165, 1.54) is 315 Å². The van der Waals surface area contributed by atoms with Crippen LogP contribution in [0.25, 0.3) is 0 Å². The van der Waals surface area contributed by atoms with E-state index in [0.717, 1.165) is 64.2 Å². The molecule has 0 fully saturated rings. The zero-order valence-corrected chi connectivity index (χ0v) is 55.1. The fourth-order valence-corrected chi connectivity index (χ4v) is 11.4. The normalized spacial score (nSPS) is 12.1. The summed E-state index contributed by atoms with van der Waals surface area (Å²) >= 11 is 0. The van der Waals surface area contributed by atoms with Gasteiger partial charge in [0.15, 0.2) is 6.10 Å². The summed E-state index contributed by atoms with van der Waals surface area (Å²) in [4.78, 5) is 38.5. The van der Waals surface area contributed by atoms with Gasteiger partial charge in [0, 0.05) is 19.3 Å². The molecular formula is C75H142O6. The lowest BCUT2D eigenvalue weighted by atomic mass is 10.0. The molecule has 0 spiro atoms. The second-order valence-electron chi connectivity index (χ2n) is 25.2. The highest BCUT2D eigenvalue weighted by molar-refractivity contribution is 5.71. The third kappa shape index (κ3) is 68.6. The average molecular weight is 1140 g/mol. The number of hydrogen-bond acceptors (Lipinski definition) is 6. The Kier molecular flexibility index (Phi) is 68.5. The molecule has 81 heavy (non-hydrogen) atoms. The highest BCUT2D eigenvalue weighted by Crippen LogP contribution is 2.19. The van der Waals surface area contributed by atoms with E-state index in [-0.39, 0.29) is 31.1 Å². The number of hydrogen-bond donors (Lipinski definition) is 0. The summed E-state index contributed by atoms with van der Waals surface area (Å²) in [5.74, 6) is -0.832. The van der Waals surface area contributed by atoms with Gasteiger partial charge < -0.3 is 14.2 Å². The first-order valence-corrected chi connectivity index (χ1v) is 36.8. The zero-order chi connectivity index (χ0) is 58.5. The van der Waals surface area contributed by atoms with Gasteiger partial charge in [-0.3, -0.25) is 14.4 Å². The summed E-state index contributed by atoms with van der Waals surface area (Å²) in [5, 5.41) is 0. The molecule has 0 aromatic carbocycles. The van der Waals surface area contributed by atoms with Crippen molar-refractivity contribution < 1.29 is 28.6 Å². The van der Waals surface area contributed by atoms with Crippen LogP contribution in [0.4, 0.5) is 0 Å². The fraction of sp³-hybridized carbons (Fsp3) is 0.907. The third-order valence-corrected chi connectivity index (χ3v) is 17.0. The van der Waals surface area contributed by atoms with Gasteiger partial charge >= 0.3 is 17.9 Å². The van der Waals surface area contributed by atoms with Crippen molar-refractivity contribution in [3.05, 3.63) is 24.3 Å². The standard InChI is InChI=1S/C75H142O6/c1-4-7-10-13-16-19-22-25-28-31-34-37-40-43-46-49-52-55-58-61-64-67-73(76)79-70-72(81-75(78)69-66-63-60-57-54-51-48-45-42-39-36-33-30-27-24-21-18-15-12-9-6-3)71-80-74(77)68-65-62-59-56-53-50-47-44-41-38-35-32-29-26-23-20-17-14-11-8-5-2/h22,25,31,34,72H,4-21,23-24,26-30,32-33,35-71H2,1-3H3/b25-22-,34-31-. The zero-order valence-electron chi connectivity index (χ0n) is 55.1. The molecule has 0 radical (unpaired) electrons. The van der Waals surface area contributed by atoms with Crippen molar-refractivity contribution in [3.63, 3.8) is 0 Å². The summed E-state index contributed by atoms with van der Waals surface area (Å²) in [7, 11) is 0. The Morgan fingerprint density at radius 1 is 0.247 bits per heavy atom. The molecule has 0 aromatic rings. The molecule has 6 heteroatoms.